The van der Waals surface area contributed by atoms with Crippen molar-refractivity contribution in [1.29, 1.82) is 0 Å². The first-order valence-corrected chi connectivity index (χ1v) is 10.5. The predicted octanol–water partition coefficient (Wildman–Crippen LogP) is 3.68. The summed E-state index contributed by atoms with van der Waals surface area (Å²) in [5.74, 6) is -2.05. The predicted molar refractivity (Wildman–Crippen MR) is 97.1 cm³/mol. The second-order valence-corrected chi connectivity index (χ2v) is 8.79. The van der Waals surface area contributed by atoms with Gasteiger partial charge >= 0.3 is 0 Å². The fraction of sp³-hybridized carbons (Fsp3) is 0.737. The summed E-state index contributed by atoms with van der Waals surface area (Å²) >= 11 is 1.63. The Morgan fingerprint density at radius 3 is 2.62 bits per heavy atom. The van der Waals surface area contributed by atoms with Crippen LogP contribution in [0.1, 0.15) is 66.1 Å². The van der Waals surface area contributed by atoms with Gasteiger partial charge in [-0.25, -0.2) is 8.78 Å². The Hall–Kier alpha value is -1.05. The lowest BCUT2D eigenvalue weighted by molar-refractivity contribution is -0.0405. The van der Waals surface area contributed by atoms with Crippen LogP contribution < -0.4 is 10.6 Å². The molecule has 0 aromatic carbocycles. The Labute approximate surface area is 156 Å². The molecule has 7 heteroatoms. The number of hydrogen-bond acceptors (Lipinski definition) is 4. The van der Waals surface area contributed by atoms with Crippen LogP contribution in [-0.4, -0.2) is 43.2 Å². The van der Waals surface area contributed by atoms with E-state index in [0.29, 0.717) is 38.0 Å². The highest BCUT2D eigenvalue weighted by Gasteiger charge is 2.43. The van der Waals surface area contributed by atoms with Crippen molar-refractivity contribution in [3.63, 3.8) is 0 Å². The highest BCUT2D eigenvalue weighted by Crippen LogP contribution is 2.45. The lowest BCUT2D eigenvalue weighted by atomic mass is 9.92. The first-order valence-electron chi connectivity index (χ1n) is 9.61. The van der Waals surface area contributed by atoms with Crippen molar-refractivity contribution in [3.8, 4) is 0 Å². The molecule has 0 radical (unpaired) electrons. The van der Waals surface area contributed by atoms with Gasteiger partial charge in [0.15, 0.2) is 0 Å². The molecule has 2 N–H and O–H groups in total. The minimum atomic E-state index is -2.47. The van der Waals surface area contributed by atoms with Crippen LogP contribution in [0.4, 0.5) is 8.78 Å². The Balaban J connectivity index is 1.26. The minimum absolute atomic E-state index is 0.000860. The summed E-state index contributed by atoms with van der Waals surface area (Å²) in [6.07, 6.45) is 3.89. The number of carbonyl (C=O) groups excluding carboxylic acids is 1. The number of nitrogens with one attached hydrogen (secondary N) is 2. The smallest absolute Gasteiger partial charge is 0.252 e. The summed E-state index contributed by atoms with van der Waals surface area (Å²) < 4.78 is 31.8. The van der Waals surface area contributed by atoms with Gasteiger partial charge in [0.25, 0.3) is 5.91 Å². The van der Waals surface area contributed by atoms with E-state index in [9.17, 15) is 13.6 Å². The van der Waals surface area contributed by atoms with Crippen LogP contribution >= 0.6 is 11.3 Å². The molecule has 1 aliphatic heterocycles. The van der Waals surface area contributed by atoms with E-state index in [4.69, 9.17) is 4.74 Å². The van der Waals surface area contributed by atoms with Gasteiger partial charge in [0.1, 0.15) is 0 Å². The molecule has 1 aromatic heterocycles. The lowest BCUT2D eigenvalue weighted by Crippen LogP contribution is -2.38. The van der Waals surface area contributed by atoms with Crippen LogP contribution in [0.3, 0.4) is 0 Å². The molecule has 144 valence electrons. The van der Waals surface area contributed by atoms with E-state index in [1.165, 1.54) is 4.88 Å². The number of ether oxygens (including phenoxy) is 1. The SMILES string of the molecule is O=C(NC1CCOCC1)c1csc([C@H]2C[C@H]2NC2CCC(F)(F)CC2)c1. The molecule has 2 heterocycles. The van der Waals surface area contributed by atoms with Crippen LogP contribution in [0.15, 0.2) is 11.4 Å². The average molecular weight is 384 g/mol. The molecule has 3 fully saturated rings. The average Bonchev–Trinajstić information content (AvgIpc) is 3.20. The number of alkyl halides is 2. The Morgan fingerprint density at radius 1 is 1.15 bits per heavy atom. The maximum atomic E-state index is 13.2. The zero-order chi connectivity index (χ0) is 18.1. The Morgan fingerprint density at radius 2 is 1.88 bits per heavy atom. The summed E-state index contributed by atoms with van der Waals surface area (Å²) in [7, 11) is 0. The first kappa shape index (κ1) is 18.3. The molecule has 1 aromatic rings. The molecule has 0 unspecified atom stereocenters. The van der Waals surface area contributed by atoms with Crippen LogP contribution in [0.2, 0.25) is 0 Å². The van der Waals surface area contributed by atoms with E-state index >= 15 is 0 Å². The summed E-state index contributed by atoms with van der Waals surface area (Å²) in [6.45, 7) is 1.42. The monoisotopic (exact) mass is 384 g/mol. The number of amides is 1. The van der Waals surface area contributed by atoms with Gasteiger partial charge in [-0.15, -0.1) is 11.3 Å². The second-order valence-electron chi connectivity index (χ2n) is 7.84. The molecule has 3 aliphatic rings. The van der Waals surface area contributed by atoms with E-state index in [0.717, 1.165) is 24.8 Å². The normalized spacial score (nSPS) is 29.5. The maximum absolute atomic E-state index is 13.2. The largest absolute Gasteiger partial charge is 0.381 e. The van der Waals surface area contributed by atoms with Crippen molar-refractivity contribution in [2.45, 2.75) is 74.9 Å². The van der Waals surface area contributed by atoms with E-state index in [1.807, 2.05) is 11.4 Å². The quantitative estimate of drug-likeness (QED) is 0.814. The van der Waals surface area contributed by atoms with Gasteiger partial charge in [-0.2, -0.15) is 0 Å². The maximum Gasteiger partial charge on any atom is 0.252 e. The molecule has 1 saturated heterocycles. The summed E-state index contributed by atoms with van der Waals surface area (Å²) in [6, 6.07) is 2.79. The lowest BCUT2D eigenvalue weighted by Gasteiger charge is -2.29. The molecule has 1 amide bonds. The van der Waals surface area contributed by atoms with Gasteiger partial charge in [-0.1, -0.05) is 0 Å². The van der Waals surface area contributed by atoms with Crippen molar-refractivity contribution >= 4 is 17.2 Å². The third-order valence-corrected chi connectivity index (χ3v) is 6.83. The molecular formula is C19H26F2N2O2S. The van der Waals surface area contributed by atoms with Crippen molar-refractivity contribution in [2.75, 3.05) is 13.2 Å². The Bertz CT molecular complexity index is 635. The third-order valence-electron chi connectivity index (χ3n) is 5.76. The van der Waals surface area contributed by atoms with Crippen LogP contribution in [-0.2, 0) is 4.74 Å². The fourth-order valence-electron chi connectivity index (χ4n) is 3.98. The van der Waals surface area contributed by atoms with Crippen molar-refractivity contribution in [3.05, 3.63) is 21.9 Å². The van der Waals surface area contributed by atoms with Gasteiger partial charge < -0.3 is 15.4 Å². The molecule has 0 spiro atoms. The van der Waals surface area contributed by atoms with Crippen molar-refractivity contribution in [1.82, 2.24) is 10.6 Å². The highest BCUT2D eigenvalue weighted by molar-refractivity contribution is 7.10. The van der Waals surface area contributed by atoms with E-state index < -0.39 is 5.92 Å². The number of thiophene rings is 1. The second kappa shape index (κ2) is 7.52. The molecule has 0 bridgehead atoms. The summed E-state index contributed by atoms with van der Waals surface area (Å²) in [5, 5.41) is 8.57. The van der Waals surface area contributed by atoms with Gasteiger partial charge in [0, 0.05) is 60.4 Å². The Kier molecular flexibility index (Phi) is 5.30. The van der Waals surface area contributed by atoms with Gasteiger partial charge in [0.05, 0.1) is 5.56 Å². The van der Waals surface area contributed by atoms with Crippen LogP contribution in [0, 0.1) is 0 Å². The molecule has 4 rings (SSSR count). The minimum Gasteiger partial charge on any atom is -0.381 e. The van der Waals surface area contributed by atoms with Gasteiger partial charge in [-0.05, 0) is 38.2 Å². The first-order chi connectivity index (χ1) is 12.5. The topological polar surface area (TPSA) is 50.4 Å². The summed E-state index contributed by atoms with van der Waals surface area (Å²) in [4.78, 5) is 13.6. The molecule has 2 atom stereocenters. The van der Waals surface area contributed by atoms with Gasteiger partial charge in [0.2, 0.25) is 5.92 Å². The zero-order valence-electron chi connectivity index (χ0n) is 14.8. The van der Waals surface area contributed by atoms with E-state index in [2.05, 4.69) is 10.6 Å². The molecule has 4 nitrogen and oxygen atoms in total. The number of rotatable bonds is 5. The van der Waals surface area contributed by atoms with Gasteiger partial charge in [-0.3, -0.25) is 4.79 Å². The van der Waals surface area contributed by atoms with Crippen LogP contribution in [0.25, 0.3) is 0 Å². The number of carbonyl (C=O) groups is 1. The molecular weight excluding hydrogens is 358 g/mol. The molecule has 2 saturated carbocycles. The standard InChI is InChI=1S/C19H26F2N2O2S/c20-19(21)5-1-13(2-6-19)22-16-10-15(16)17-9-12(11-26-17)18(24)23-14-3-7-25-8-4-14/h9,11,13-16,22H,1-8,10H2,(H,23,24)/t15-,16+/m0/s1. The van der Waals surface area contributed by atoms with Crippen LogP contribution in [0.5, 0.6) is 0 Å². The molecule has 2 aliphatic carbocycles. The van der Waals surface area contributed by atoms with Crippen molar-refractivity contribution < 1.29 is 18.3 Å². The summed E-state index contributed by atoms with van der Waals surface area (Å²) in [5.41, 5.74) is 0.736. The zero-order valence-corrected chi connectivity index (χ0v) is 15.6. The fourth-order valence-corrected chi connectivity index (χ4v) is 5.05. The third kappa shape index (κ3) is 4.43. The molecule has 26 heavy (non-hydrogen) atoms. The van der Waals surface area contributed by atoms with E-state index in [-0.39, 0.29) is 30.8 Å². The number of hydrogen-bond donors (Lipinski definition) is 2. The van der Waals surface area contributed by atoms with E-state index in [1.54, 1.807) is 11.3 Å². The van der Waals surface area contributed by atoms with Crippen molar-refractivity contribution in [2.24, 2.45) is 0 Å². The highest BCUT2D eigenvalue weighted by atomic mass is 32.1. The number of halogens is 2.